The molecule has 2 fully saturated rings. The van der Waals surface area contributed by atoms with Crippen LogP contribution < -0.4 is 0 Å². The largest absolute Gasteiger partial charge is 0.504 e. The number of hydrogen-bond donors (Lipinski definition) is 0. The molecule has 0 amide bonds. The third-order valence-corrected chi connectivity index (χ3v) is 4.69. The fourth-order valence-electron chi connectivity index (χ4n) is 2.74. The van der Waals surface area contributed by atoms with E-state index in [1.807, 2.05) is 6.26 Å². The first-order chi connectivity index (χ1) is 9.24. The minimum absolute atomic E-state index is 0.438. The summed E-state index contributed by atoms with van der Waals surface area (Å²) >= 11 is 0. The van der Waals surface area contributed by atoms with Crippen molar-refractivity contribution in [3.63, 3.8) is 0 Å². The van der Waals surface area contributed by atoms with Gasteiger partial charge in [0.15, 0.2) is 0 Å². The van der Waals surface area contributed by atoms with Crippen molar-refractivity contribution in [2.24, 2.45) is 10.8 Å². The SMILES string of the molecule is CC1(C)CCC(=O)CC1.COC=C1CCC(C)(C)CC1. The van der Waals surface area contributed by atoms with Crippen molar-refractivity contribution in [3.8, 4) is 0 Å². The lowest BCUT2D eigenvalue weighted by molar-refractivity contribution is -0.121. The van der Waals surface area contributed by atoms with Crippen LogP contribution in [0.25, 0.3) is 0 Å². The molecule has 0 N–H and O–H groups in total. The van der Waals surface area contributed by atoms with E-state index in [9.17, 15) is 4.79 Å². The number of ether oxygens (including phenoxy) is 1. The highest BCUT2D eigenvalue weighted by Gasteiger charge is 2.24. The predicted octanol–water partition coefficient (Wildman–Crippen LogP) is 5.27. The smallest absolute Gasteiger partial charge is 0.132 e. The Kier molecular flexibility index (Phi) is 6.29. The lowest BCUT2D eigenvalue weighted by Crippen LogP contribution is -2.20. The molecule has 0 saturated heterocycles. The third-order valence-electron chi connectivity index (χ3n) is 4.69. The van der Waals surface area contributed by atoms with Crippen LogP contribution in [-0.2, 0) is 9.53 Å². The number of allylic oxidation sites excluding steroid dienone is 1. The molecular weight excluding hydrogens is 248 g/mol. The van der Waals surface area contributed by atoms with Gasteiger partial charge in [-0.3, -0.25) is 4.79 Å². The molecule has 0 radical (unpaired) electrons. The van der Waals surface area contributed by atoms with E-state index in [1.54, 1.807) is 7.11 Å². The first kappa shape index (κ1) is 17.3. The summed E-state index contributed by atoms with van der Waals surface area (Å²) < 4.78 is 4.99. The highest BCUT2D eigenvalue weighted by molar-refractivity contribution is 5.79. The second-order valence-electron chi connectivity index (χ2n) is 7.88. The van der Waals surface area contributed by atoms with Gasteiger partial charge in [0, 0.05) is 12.8 Å². The number of carbonyl (C=O) groups is 1. The van der Waals surface area contributed by atoms with E-state index in [0.717, 1.165) is 25.7 Å². The summed E-state index contributed by atoms with van der Waals surface area (Å²) in [4.78, 5) is 10.8. The van der Waals surface area contributed by atoms with E-state index < -0.39 is 0 Å². The molecule has 0 aliphatic heterocycles. The summed E-state index contributed by atoms with van der Waals surface area (Å²) in [5.41, 5.74) is 2.48. The molecular formula is C18H32O2. The molecule has 2 saturated carbocycles. The van der Waals surface area contributed by atoms with E-state index in [2.05, 4.69) is 27.7 Å². The summed E-state index contributed by atoms with van der Waals surface area (Å²) in [7, 11) is 1.73. The fraction of sp³-hybridized carbons (Fsp3) is 0.833. The molecule has 0 spiro atoms. The van der Waals surface area contributed by atoms with Crippen molar-refractivity contribution in [2.75, 3.05) is 7.11 Å². The molecule has 2 aliphatic rings. The van der Waals surface area contributed by atoms with Crippen LogP contribution in [0.4, 0.5) is 0 Å². The van der Waals surface area contributed by atoms with Gasteiger partial charge in [0.1, 0.15) is 5.78 Å². The van der Waals surface area contributed by atoms with Gasteiger partial charge in [-0.25, -0.2) is 0 Å². The van der Waals surface area contributed by atoms with Crippen molar-refractivity contribution in [1.82, 2.24) is 0 Å². The highest BCUT2D eigenvalue weighted by atomic mass is 16.5. The predicted molar refractivity (Wildman–Crippen MR) is 84.6 cm³/mol. The summed E-state index contributed by atoms with van der Waals surface area (Å²) in [5, 5.41) is 0. The second kappa shape index (κ2) is 7.28. The molecule has 116 valence electrons. The van der Waals surface area contributed by atoms with Crippen LogP contribution in [0.5, 0.6) is 0 Å². The second-order valence-corrected chi connectivity index (χ2v) is 7.88. The number of hydrogen-bond acceptors (Lipinski definition) is 2. The fourth-order valence-corrected chi connectivity index (χ4v) is 2.74. The van der Waals surface area contributed by atoms with Gasteiger partial charge in [0.05, 0.1) is 13.4 Å². The molecule has 2 rings (SSSR count). The van der Waals surface area contributed by atoms with Gasteiger partial charge in [0.25, 0.3) is 0 Å². The Labute approximate surface area is 125 Å². The Morgan fingerprint density at radius 3 is 1.60 bits per heavy atom. The lowest BCUT2D eigenvalue weighted by Gasteiger charge is -2.30. The Bertz CT molecular complexity index is 326. The highest BCUT2D eigenvalue weighted by Crippen LogP contribution is 2.37. The van der Waals surface area contributed by atoms with Crippen LogP contribution in [0.3, 0.4) is 0 Å². The maximum Gasteiger partial charge on any atom is 0.132 e. The number of Topliss-reactive ketones (excluding diaryl/α,β-unsaturated/α-hetero) is 1. The topological polar surface area (TPSA) is 26.3 Å². The standard InChI is InChI=1S/C10H18O.C8H14O/c1-10(2)6-4-9(5-7-10)8-11-3;1-8(2)5-3-7(9)4-6-8/h8H,4-7H2,1-3H3;3-6H2,1-2H3. The molecule has 0 bridgehead atoms. The van der Waals surface area contributed by atoms with Gasteiger partial charge in [0.2, 0.25) is 0 Å². The van der Waals surface area contributed by atoms with Gasteiger partial charge in [-0.2, -0.15) is 0 Å². The van der Waals surface area contributed by atoms with Gasteiger partial charge in [-0.15, -0.1) is 0 Å². The molecule has 0 heterocycles. The minimum atomic E-state index is 0.438. The molecule has 2 aliphatic carbocycles. The van der Waals surface area contributed by atoms with Crippen molar-refractivity contribution in [2.45, 2.75) is 79.1 Å². The number of carbonyl (C=O) groups excluding carboxylic acids is 1. The lowest BCUT2D eigenvalue weighted by atomic mass is 9.76. The van der Waals surface area contributed by atoms with Crippen LogP contribution in [0.15, 0.2) is 11.8 Å². The van der Waals surface area contributed by atoms with Gasteiger partial charge < -0.3 is 4.74 Å². The van der Waals surface area contributed by atoms with Crippen LogP contribution in [0.1, 0.15) is 79.1 Å². The normalized spacial score (nSPS) is 24.4. The summed E-state index contributed by atoms with van der Waals surface area (Å²) in [6.07, 6.45) is 10.8. The van der Waals surface area contributed by atoms with Crippen molar-refractivity contribution in [1.29, 1.82) is 0 Å². The van der Waals surface area contributed by atoms with Gasteiger partial charge >= 0.3 is 0 Å². The first-order valence-electron chi connectivity index (χ1n) is 7.97. The molecule has 0 unspecified atom stereocenters. The van der Waals surface area contributed by atoms with Crippen molar-refractivity contribution < 1.29 is 9.53 Å². The quantitative estimate of drug-likeness (QED) is 0.611. The van der Waals surface area contributed by atoms with Crippen LogP contribution in [0.2, 0.25) is 0 Å². The first-order valence-corrected chi connectivity index (χ1v) is 7.97. The Morgan fingerprint density at radius 1 is 0.850 bits per heavy atom. The van der Waals surface area contributed by atoms with Gasteiger partial charge in [-0.1, -0.05) is 27.7 Å². The third kappa shape index (κ3) is 6.58. The van der Waals surface area contributed by atoms with E-state index in [0.29, 0.717) is 16.6 Å². The van der Waals surface area contributed by atoms with E-state index >= 15 is 0 Å². The monoisotopic (exact) mass is 280 g/mol. The summed E-state index contributed by atoms with van der Waals surface area (Å²) in [6.45, 7) is 9.16. The number of methoxy groups -OCH3 is 1. The van der Waals surface area contributed by atoms with Crippen LogP contribution in [0, 0.1) is 10.8 Å². The average Bonchev–Trinajstić information content (AvgIpc) is 2.37. The van der Waals surface area contributed by atoms with Crippen LogP contribution >= 0.6 is 0 Å². The van der Waals surface area contributed by atoms with Gasteiger partial charge in [-0.05, 0) is 54.9 Å². The Balaban J connectivity index is 0.000000204. The molecule has 2 heteroatoms. The van der Waals surface area contributed by atoms with E-state index in [4.69, 9.17) is 4.74 Å². The van der Waals surface area contributed by atoms with Crippen LogP contribution in [-0.4, -0.2) is 12.9 Å². The summed E-state index contributed by atoms with van der Waals surface area (Å²) in [6, 6.07) is 0. The Morgan fingerprint density at radius 2 is 1.25 bits per heavy atom. The van der Waals surface area contributed by atoms with Crippen molar-refractivity contribution in [3.05, 3.63) is 11.8 Å². The number of ketones is 1. The average molecular weight is 280 g/mol. The van der Waals surface area contributed by atoms with E-state index in [1.165, 1.54) is 31.3 Å². The molecule has 20 heavy (non-hydrogen) atoms. The number of rotatable bonds is 1. The zero-order chi connectivity index (χ0) is 15.2. The molecule has 0 atom stereocenters. The van der Waals surface area contributed by atoms with Crippen molar-refractivity contribution >= 4 is 5.78 Å². The molecule has 2 nitrogen and oxygen atoms in total. The molecule has 0 aromatic heterocycles. The minimum Gasteiger partial charge on any atom is -0.504 e. The zero-order valence-electron chi connectivity index (χ0n) is 14.1. The zero-order valence-corrected chi connectivity index (χ0v) is 14.1. The molecule has 0 aromatic carbocycles. The van der Waals surface area contributed by atoms with E-state index in [-0.39, 0.29) is 0 Å². The summed E-state index contributed by atoms with van der Waals surface area (Å²) in [5.74, 6) is 0.453. The Hall–Kier alpha value is -0.790. The maximum atomic E-state index is 10.8. The maximum absolute atomic E-state index is 10.8. The molecule has 0 aromatic rings.